The standard InChI is InChI=1S/C26H34ClF3N6O/c1-6-16(3)24(34-11-18(27)7-2)35-14-22-17(4)10-26(29,30)15-36(22)25(37)23(31)20(13-32-5)21-9-8-19(28)12-33-21/h7-9,11-13,17,22,35H,6,10,14-15,31H2,1-5H3/b18-7+,23-20?,24-16+,32-13?,34-11-. The molecule has 1 aromatic rings. The van der Waals surface area contributed by atoms with Crippen LogP contribution >= 0.6 is 11.6 Å². The number of rotatable bonds is 9. The average molecular weight is 539 g/mol. The van der Waals surface area contributed by atoms with Gasteiger partial charge in [-0.3, -0.25) is 14.8 Å². The van der Waals surface area contributed by atoms with Gasteiger partial charge in [0.2, 0.25) is 0 Å². The van der Waals surface area contributed by atoms with Crippen molar-refractivity contribution in [1.82, 2.24) is 15.2 Å². The third-order valence-electron chi connectivity index (χ3n) is 6.13. The number of allylic oxidation sites excluding steroid dienone is 4. The Labute approximate surface area is 221 Å². The zero-order valence-electron chi connectivity index (χ0n) is 21.7. The highest BCUT2D eigenvalue weighted by atomic mass is 35.5. The number of carbonyl (C=O) groups excluding carboxylic acids is 1. The summed E-state index contributed by atoms with van der Waals surface area (Å²) in [6.07, 6.45) is 5.79. The van der Waals surface area contributed by atoms with Gasteiger partial charge in [-0.05, 0) is 43.9 Å². The Kier molecular flexibility index (Phi) is 10.9. The molecule has 1 aromatic heterocycles. The van der Waals surface area contributed by atoms with Gasteiger partial charge in [-0.25, -0.2) is 18.2 Å². The van der Waals surface area contributed by atoms with Gasteiger partial charge in [0.25, 0.3) is 11.8 Å². The van der Waals surface area contributed by atoms with Crippen LogP contribution in [0, 0.1) is 11.7 Å². The fraction of sp³-hybridized carbons (Fsp3) is 0.462. The third-order valence-corrected chi connectivity index (χ3v) is 6.44. The second-order valence-corrected chi connectivity index (χ2v) is 9.35. The number of likely N-dealkylation sites (tertiary alicyclic amines) is 1. The second-order valence-electron chi connectivity index (χ2n) is 8.91. The fourth-order valence-corrected chi connectivity index (χ4v) is 4.01. The van der Waals surface area contributed by atoms with Crippen molar-refractivity contribution >= 4 is 35.5 Å². The Bertz CT molecular complexity index is 1110. The minimum Gasteiger partial charge on any atom is -0.394 e. The third kappa shape index (κ3) is 8.18. The van der Waals surface area contributed by atoms with Gasteiger partial charge in [-0.1, -0.05) is 31.5 Å². The predicted octanol–water partition coefficient (Wildman–Crippen LogP) is 4.91. The van der Waals surface area contributed by atoms with E-state index in [-0.39, 0.29) is 29.9 Å². The van der Waals surface area contributed by atoms with E-state index in [0.717, 1.165) is 22.7 Å². The van der Waals surface area contributed by atoms with Crippen molar-refractivity contribution in [2.24, 2.45) is 21.6 Å². The van der Waals surface area contributed by atoms with E-state index in [9.17, 15) is 18.0 Å². The summed E-state index contributed by atoms with van der Waals surface area (Å²) in [7, 11) is 1.47. The zero-order valence-corrected chi connectivity index (χ0v) is 22.5. The number of aliphatic imine (C=N–C) groups is 2. The van der Waals surface area contributed by atoms with Crippen LogP contribution in [-0.2, 0) is 4.79 Å². The van der Waals surface area contributed by atoms with Gasteiger partial charge < -0.3 is 16.0 Å². The first kappa shape index (κ1) is 30.1. The Morgan fingerprint density at radius 3 is 2.65 bits per heavy atom. The van der Waals surface area contributed by atoms with E-state index < -0.39 is 36.2 Å². The van der Waals surface area contributed by atoms with Crippen LogP contribution in [0.1, 0.15) is 46.2 Å². The molecule has 0 saturated carbocycles. The highest BCUT2D eigenvalue weighted by Gasteiger charge is 2.46. The maximum absolute atomic E-state index is 14.6. The van der Waals surface area contributed by atoms with E-state index in [4.69, 9.17) is 17.3 Å². The van der Waals surface area contributed by atoms with Crippen molar-refractivity contribution in [3.05, 3.63) is 58.0 Å². The van der Waals surface area contributed by atoms with Gasteiger partial charge in [-0.2, -0.15) is 0 Å². The summed E-state index contributed by atoms with van der Waals surface area (Å²) in [4.78, 5) is 26.9. The van der Waals surface area contributed by atoms with E-state index in [1.165, 1.54) is 25.5 Å². The number of halogens is 4. The molecule has 2 atom stereocenters. The number of amides is 1. The Hall–Kier alpha value is -3.14. The number of hydrogen-bond donors (Lipinski definition) is 2. The van der Waals surface area contributed by atoms with Gasteiger partial charge in [-0.15, -0.1) is 0 Å². The predicted molar refractivity (Wildman–Crippen MR) is 143 cm³/mol. The molecule has 1 fully saturated rings. The number of piperidine rings is 1. The molecule has 2 rings (SSSR count). The summed E-state index contributed by atoms with van der Waals surface area (Å²) in [5.74, 6) is -4.43. The molecule has 1 saturated heterocycles. The van der Waals surface area contributed by atoms with E-state index in [1.54, 1.807) is 19.9 Å². The van der Waals surface area contributed by atoms with Gasteiger partial charge in [0.05, 0.1) is 29.5 Å². The van der Waals surface area contributed by atoms with E-state index in [1.807, 2.05) is 13.8 Å². The van der Waals surface area contributed by atoms with Crippen molar-refractivity contribution in [2.45, 2.75) is 52.5 Å². The van der Waals surface area contributed by atoms with Gasteiger partial charge >= 0.3 is 0 Å². The molecule has 11 heteroatoms. The van der Waals surface area contributed by atoms with Crippen LogP contribution in [0.25, 0.3) is 5.57 Å². The van der Waals surface area contributed by atoms with Crippen LogP contribution in [-0.4, -0.2) is 60.3 Å². The molecule has 0 radical (unpaired) electrons. The van der Waals surface area contributed by atoms with E-state index in [2.05, 4.69) is 20.3 Å². The molecule has 202 valence electrons. The average Bonchev–Trinajstić information content (AvgIpc) is 2.86. The Morgan fingerprint density at radius 2 is 2.08 bits per heavy atom. The van der Waals surface area contributed by atoms with Crippen molar-refractivity contribution in [1.29, 1.82) is 0 Å². The fourth-order valence-electron chi connectivity index (χ4n) is 3.96. The van der Waals surface area contributed by atoms with Crippen LogP contribution in [0.2, 0.25) is 0 Å². The molecule has 0 spiro atoms. The lowest BCUT2D eigenvalue weighted by Gasteiger charge is -2.43. The van der Waals surface area contributed by atoms with Crippen LogP contribution < -0.4 is 11.1 Å². The smallest absolute Gasteiger partial charge is 0.271 e. The highest BCUT2D eigenvalue weighted by molar-refractivity contribution is 6.39. The molecule has 37 heavy (non-hydrogen) atoms. The molecule has 0 aliphatic carbocycles. The lowest BCUT2D eigenvalue weighted by Crippen LogP contribution is -2.59. The lowest BCUT2D eigenvalue weighted by molar-refractivity contribution is -0.148. The number of nitrogens with zero attached hydrogens (tertiary/aromatic N) is 4. The maximum Gasteiger partial charge on any atom is 0.271 e. The zero-order chi connectivity index (χ0) is 27.8. The molecule has 1 aliphatic rings. The van der Waals surface area contributed by atoms with Crippen molar-refractivity contribution in [3.63, 3.8) is 0 Å². The number of pyridine rings is 1. The Morgan fingerprint density at radius 1 is 1.38 bits per heavy atom. The van der Waals surface area contributed by atoms with Gasteiger partial charge in [0, 0.05) is 38.0 Å². The largest absolute Gasteiger partial charge is 0.394 e. The number of hydrogen-bond acceptors (Lipinski definition) is 6. The molecule has 0 bridgehead atoms. The maximum atomic E-state index is 14.6. The number of alkyl halides is 2. The summed E-state index contributed by atoms with van der Waals surface area (Å²) >= 11 is 6.04. The van der Waals surface area contributed by atoms with Crippen LogP contribution in [0.15, 0.2) is 56.5 Å². The first-order valence-electron chi connectivity index (χ1n) is 12.0. The van der Waals surface area contributed by atoms with Crippen LogP contribution in [0.5, 0.6) is 0 Å². The minimum absolute atomic E-state index is 0.119. The highest BCUT2D eigenvalue weighted by Crippen LogP contribution is 2.35. The molecule has 1 amide bonds. The summed E-state index contributed by atoms with van der Waals surface area (Å²) in [6.45, 7) is 6.69. The number of aromatic nitrogens is 1. The molecule has 7 nitrogen and oxygen atoms in total. The SMILES string of the molecule is C\C=C(Cl)/C=N\C(NCC1C(C)CC(F)(F)CN1C(=O)C(N)=C(C=NC)c1ccc(F)cn1)=C(\C)CC. The normalized spacial score (nSPS) is 21.8. The molecule has 0 aromatic carbocycles. The topological polar surface area (TPSA) is 96.0 Å². The first-order valence-corrected chi connectivity index (χ1v) is 12.3. The van der Waals surface area contributed by atoms with Gasteiger partial charge in [0.15, 0.2) is 0 Å². The van der Waals surface area contributed by atoms with Crippen LogP contribution in [0.4, 0.5) is 13.2 Å². The summed E-state index contributed by atoms with van der Waals surface area (Å²) < 4.78 is 42.7. The second kappa shape index (κ2) is 13.4. The van der Waals surface area contributed by atoms with Crippen molar-refractivity contribution in [2.75, 3.05) is 20.1 Å². The first-order chi connectivity index (χ1) is 17.4. The van der Waals surface area contributed by atoms with Crippen molar-refractivity contribution in [3.8, 4) is 0 Å². The van der Waals surface area contributed by atoms with E-state index >= 15 is 0 Å². The molecular weight excluding hydrogens is 505 g/mol. The molecular formula is C26H34ClF3N6O. The molecule has 2 heterocycles. The van der Waals surface area contributed by atoms with Crippen molar-refractivity contribution < 1.29 is 18.0 Å². The minimum atomic E-state index is -3.09. The quantitative estimate of drug-likeness (QED) is 0.345. The summed E-state index contributed by atoms with van der Waals surface area (Å²) in [6, 6.07) is 1.90. The number of nitrogens with one attached hydrogen (secondary N) is 1. The monoisotopic (exact) mass is 538 g/mol. The molecule has 2 unspecified atom stereocenters. The van der Waals surface area contributed by atoms with E-state index in [0.29, 0.717) is 17.3 Å². The lowest BCUT2D eigenvalue weighted by atomic mass is 9.88. The Balaban J connectivity index is 2.45. The summed E-state index contributed by atoms with van der Waals surface area (Å²) in [5, 5.41) is 3.66. The number of nitrogens with two attached hydrogens (primary N) is 1. The van der Waals surface area contributed by atoms with Crippen LogP contribution in [0.3, 0.4) is 0 Å². The molecule has 3 N–H and O–H groups in total. The van der Waals surface area contributed by atoms with Gasteiger partial charge in [0.1, 0.15) is 17.3 Å². The summed E-state index contributed by atoms with van der Waals surface area (Å²) in [5.41, 5.74) is 7.16. The number of carbonyl (C=O) groups is 1. The molecule has 1 aliphatic heterocycles.